The van der Waals surface area contributed by atoms with Gasteiger partial charge in [-0.3, -0.25) is 14.3 Å². The number of fused-ring (bicyclic) bond motifs is 2. The number of aromatic nitrogens is 5. The Balaban J connectivity index is 1.41. The Morgan fingerprint density at radius 1 is 0.939 bits per heavy atom. The molecule has 0 fully saturated rings. The fraction of sp³-hybridized carbons (Fsp3) is 0.289. The zero-order valence-corrected chi connectivity index (χ0v) is 30.0. The van der Waals surface area contributed by atoms with Gasteiger partial charge in [0.15, 0.2) is 18.4 Å². The Labute approximate surface area is 295 Å². The van der Waals surface area contributed by atoms with E-state index in [-0.39, 0.29) is 0 Å². The summed E-state index contributed by atoms with van der Waals surface area (Å²) in [5.41, 5.74) is 8.96. The molecule has 3 aromatic carbocycles. The molecule has 49 heavy (non-hydrogen) atoms. The number of halogens is 2. The molecule has 3 heterocycles. The van der Waals surface area contributed by atoms with Gasteiger partial charge in [-0.2, -0.15) is 5.10 Å². The summed E-state index contributed by atoms with van der Waals surface area (Å²) in [6, 6.07) is 13.4. The van der Waals surface area contributed by atoms with Gasteiger partial charge >= 0.3 is 0 Å². The Morgan fingerprint density at radius 2 is 1.65 bits per heavy atom. The summed E-state index contributed by atoms with van der Waals surface area (Å²) in [7, 11) is 3.81. The third kappa shape index (κ3) is 6.29. The Kier molecular flexibility index (Phi) is 9.77. The van der Waals surface area contributed by atoms with Crippen molar-refractivity contribution in [3.63, 3.8) is 0 Å². The fourth-order valence-corrected chi connectivity index (χ4v) is 7.16. The van der Waals surface area contributed by atoms with E-state index in [1.807, 2.05) is 83.1 Å². The summed E-state index contributed by atoms with van der Waals surface area (Å²) in [4.78, 5) is 36.0. The molecule has 3 aromatic heterocycles. The van der Waals surface area contributed by atoms with Crippen molar-refractivity contribution in [2.75, 3.05) is 25.1 Å². The lowest BCUT2D eigenvalue weighted by molar-refractivity contribution is 0.111. The van der Waals surface area contributed by atoms with E-state index in [0.29, 0.717) is 54.6 Å². The third-order valence-electron chi connectivity index (χ3n) is 9.20. The second-order valence-electron chi connectivity index (χ2n) is 12.4. The lowest BCUT2D eigenvalue weighted by atomic mass is 9.98. The molecule has 0 amide bonds. The Bertz CT molecular complexity index is 2200. The molecule has 0 aliphatic carbocycles. The first-order valence-corrected chi connectivity index (χ1v) is 16.9. The van der Waals surface area contributed by atoms with Crippen LogP contribution in [0.15, 0.2) is 48.8 Å². The van der Waals surface area contributed by atoms with E-state index < -0.39 is 0 Å². The monoisotopic (exact) mass is 696 g/mol. The number of hydrogen-bond acceptors (Lipinski definition) is 7. The van der Waals surface area contributed by atoms with Crippen LogP contribution in [0.25, 0.3) is 32.9 Å². The van der Waals surface area contributed by atoms with Crippen LogP contribution in [0.5, 0.6) is 5.75 Å². The summed E-state index contributed by atoms with van der Waals surface area (Å²) in [6.45, 7) is 9.22. The van der Waals surface area contributed by atoms with Crippen LogP contribution in [0.3, 0.4) is 0 Å². The smallest absolute Gasteiger partial charge is 0.166 e. The first-order chi connectivity index (χ1) is 23.5. The number of hydrogen-bond donors (Lipinski definition) is 0. The van der Waals surface area contributed by atoms with Crippen molar-refractivity contribution in [1.82, 2.24) is 24.3 Å². The number of ether oxygens (including phenoxy) is 1. The van der Waals surface area contributed by atoms with E-state index in [1.165, 1.54) is 0 Å². The van der Waals surface area contributed by atoms with Crippen molar-refractivity contribution >= 4 is 63.4 Å². The first kappa shape index (κ1) is 34.1. The molecule has 0 N–H and O–H groups in total. The molecule has 0 aliphatic rings. The molecule has 9 nitrogen and oxygen atoms in total. The molecule has 6 rings (SSSR count). The SMILES string of the molecule is Cc1cc(OCCCc2c(C=O)n(CCN(C)c3nn(C)c4cccc(C=O)c34)c3c(-c4c(C)ncnc4C)c(Cl)ccc23)cc(C)c1Cl. The van der Waals surface area contributed by atoms with E-state index >= 15 is 0 Å². The van der Waals surface area contributed by atoms with Crippen molar-refractivity contribution in [3.8, 4) is 16.9 Å². The number of benzene rings is 3. The molecule has 11 heteroatoms. The Morgan fingerprint density at radius 3 is 2.33 bits per heavy atom. The standard InChI is InChI=1S/C38H38Cl2N6O3/c1-22-17-27(18-23(2)36(22)40)49-16-8-10-28-29-12-13-30(39)35(33-24(3)41-21-42-25(33)4)37(29)46(32(28)20-48)15-14-44(5)38-34-26(19-47)9-7-11-31(34)45(6)43-38/h7,9,11-13,17-21H,8,10,14-16H2,1-6H3. The first-order valence-electron chi connectivity index (χ1n) is 16.1. The average Bonchev–Trinajstić information content (AvgIpc) is 3.58. The van der Waals surface area contributed by atoms with Crippen molar-refractivity contribution in [1.29, 1.82) is 0 Å². The van der Waals surface area contributed by atoms with Gasteiger partial charge < -0.3 is 14.2 Å². The molecule has 0 aliphatic heterocycles. The van der Waals surface area contributed by atoms with Gasteiger partial charge in [0.05, 0.1) is 33.7 Å². The summed E-state index contributed by atoms with van der Waals surface area (Å²) < 4.78 is 9.97. The number of aldehydes is 2. The molecule has 0 radical (unpaired) electrons. The van der Waals surface area contributed by atoms with Gasteiger partial charge in [0.2, 0.25) is 0 Å². The number of anilines is 1. The zero-order valence-electron chi connectivity index (χ0n) is 28.5. The van der Waals surface area contributed by atoms with Gasteiger partial charge in [-0.15, -0.1) is 0 Å². The van der Waals surface area contributed by atoms with Gasteiger partial charge in [-0.05, 0) is 81.5 Å². The largest absolute Gasteiger partial charge is 0.494 e. The number of nitrogens with zero attached hydrogens (tertiary/aromatic N) is 6. The maximum Gasteiger partial charge on any atom is 0.166 e. The summed E-state index contributed by atoms with van der Waals surface area (Å²) >= 11 is 13.4. The highest BCUT2D eigenvalue weighted by atomic mass is 35.5. The molecular formula is C38H38Cl2N6O3. The van der Waals surface area contributed by atoms with E-state index in [1.54, 1.807) is 17.1 Å². The number of rotatable bonds is 12. The molecule has 0 bridgehead atoms. The van der Waals surface area contributed by atoms with Gasteiger partial charge in [-0.1, -0.05) is 41.4 Å². The maximum absolute atomic E-state index is 13.0. The lowest BCUT2D eigenvalue weighted by Gasteiger charge is -2.20. The summed E-state index contributed by atoms with van der Waals surface area (Å²) in [5.74, 6) is 1.46. The van der Waals surface area contributed by atoms with Gasteiger partial charge in [0.1, 0.15) is 12.1 Å². The van der Waals surface area contributed by atoms with E-state index in [2.05, 4.69) is 14.5 Å². The van der Waals surface area contributed by atoms with Crippen LogP contribution < -0.4 is 9.64 Å². The summed E-state index contributed by atoms with van der Waals surface area (Å²) in [6.07, 6.45) is 4.63. The highest BCUT2D eigenvalue weighted by Gasteiger charge is 2.25. The van der Waals surface area contributed by atoms with Crippen LogP contribution in [0.4, 0.5) is 5.82 Å². The molecule has 0 saturated heterocycles. The molecule has 0 saturated carbocycles. The quantitative estimate of drug-likeness (QED) is 0.0938. The van der Waals surface area contributed by atoms with Crippen LogP contribution in [0.2, 0.25) is 10.0 Å². The van der Waals surface area contributed by atoms with Crippen molar-refractivity contribution in [2.24, 2.45) is 7.05 Å². The van der Waals surface area contributed by atoms with Crippen LogP contribution in [0.1, 0.15) is 55.3 Å². The Hall–Kier alpha value is -4.73. The van der Waals surface area contributed by atoms with Crippen LogP contribution in [-0.4, -0.2) is 57.1 Å². The number of aryl methyl sites for hydroxylation is 6. The lowest BCUT2D eigenvalue weighted by Crippen LogP contribution is -2.24. The van der Waals surface area contributed by atoms with Crippen LogP contribution in [-0.2, 0) is 20.0 Å². The zero-order chi connectivity index (χ0) is 35.0. The van der Waals surface area contributed by atoms with Crippen molar-refractivity contribution in [3.05, 3.63) is 98.2 Å². The number of likely N-dealkylation sites (N-methyl/N-ethyl adjacent to an activating group) is 1. The van der Waals surface area contributed by atoms with E-state index in [9.17, 15) is 9.59 Å². The minimum Gasteiger partial charge on any atom is -0.494 e. The van der Waals surface area contributed by atoms with Gasteiger partial charge in [0, 0.05) is 65.7 Å². The van der Waals surface area contributed by atoms with Crippen molar-refractivity contribution in [2.45, 2.75) is 47.1 Å². The normalized spacial score (nSPS) is 11.4. The van der Waals surface area contributed by atoms with Crippen LogP contribution >= 0.6 is 23.2 Å². The molecule has 0 atom stereocenters. The predicted molar refractivity (Wildman–Crippen MR) is 197 cm³/mol. The molecule has 252 valence electrons. The van der Waals surface area contributed by atoms with Gasteiger partial charge in [-0.25, -0.2) is 9.97 Å². The maximum atomic E-state index is 13.0. The second-order valence-corrected chi connectivity index (χ2v) is 13.2. The number of carbonyl (C=O) groups excluding carboxylic acids is 2. The minimum atomic E-state index is 0.446. The minimum absolute atomic E-state index is 0.446. The van der Waals surface area contributed by atoms with Crippen molar-refractivity contribution < 1.29 is 14.3 Å². The summed E-state index contributed by atoms with van der Waals surface area (Å²) in [5, 5.41) is 7.78. The van der Waals surface area contributed by atoms with Gasteiger partial charge in [0.25, 0.3) is 0 Å². The van der Waals surface area contributed by atoms with E-state index in [0.717, 1.165) is 84.4 Å². The average molecular weight is 698 g/mol. The highest BCUT2D eigenvalue weighted by Crippen LogP contribution is 2.41. The second kappa shape index (κ2) is 14.0. The van der Waals surface area contributed by atoms with E-state index in [4.69, 9.17) is 33.0 Å². The molecule has 0 spiro atoms. The highest BCUT2D eigenvalue weighted by molar-refractivity contribution is 6.35. The predicted octanol–water partition coefficient (Wildman–Crippen LogP) is 8.30. The fourth-order valence-electron chi connectivity index (χ4n) is 6.80. The number of carbonyl (C=O) groups is 2. The molecule has 6 aromatic rings. The third-order valence-corrected chi connectivity index (χ3v) is 10.1. The molecular weight excluding hydrogens is 659 g/mol. The topological polar surface area (TPSA) is 95.1 Å². The molecule has 0 unspecified atom stereocenters. The van der Waals surface area contributed by atoms with Crippen LogP contribution in [0, 0.1) is 27.7 Å².